The molecule has 7 nitrogen and oxygen atoms in total. The van der Waals surface area contributed by atoms with Crippen LogP contribution in [0.25, 0.3) is 0 Å². The highest BCUT2D eigenvalue weighted by Crippen LogP contribution is 2.40. The molecular weight excluding hydrogens is 358 g/mol. The molecule has 3 unspecified atom stereocenters. The normalized spacial score (nSPS) is 26.8. The number of aliphatic carboxylic acids is 1. The van der Waals surface area contributed by atoms with E-state index in [0.717, 1.165) is 49.9 Å². The molecular formula is C21H27N3O4. The predicted molar refractivity (Wildman–Crippen MR) is 103 cm³/mol. The summed E-state index contributed by atoms with van der Waals surface area (Å²) in [6, 6.07) is 7.20. The summed E-state index contributed by atoms with van der Waals surface area (Å²) >= 11 is 0. The van der Waals surface area contributed by atoms with Gasteiger partial charge in [-0.1, -0.05) is 24.3 Å². The first kappa shape index (κ1) is 18.8. The van der Waals surface area contributed by atoms with E-state index in [1.807, 2.05) is 34.1 Å². The number of fused-ring (bicyclic) bond motifs is 1. The Morgan fingerprint density at radius 2 is 1.64 bits per heavy atom. The Morgan fingerprint density at radius 3 is 2.36 bits per heavy atom. The first-order valence-electron chi connectivity index (χ1n) is 10.2. The van der Waals surface area contributed by atoms with Crippen LogP contribution in [-0.4, -0.2) is 59.0 Å². The zero-order valence-corrected chi connectivity index (χ0v) is 16.0. The maximum absolute atomic E-state index is 12.9. The van der Waals surface area contributed by atoms with E-state index in [0.29, 0.717) is 19.5 Å². The fraction of sp³-hybridized carbons (Fsp3) is 0.571. The van der Waals surface area contributed by atoms with Gasteiger partial charge in [0, 0.05) is 26.2 Å². The molecule has 2 heterocycles. The fourth-order valence-electron chi connectivity index (χ4n) is 4.77. The zero-order chi connectivity index (χ0) is 19.7. The highest BCUT2D eigenvalue weighted by molar-refractivity contribution is 5.83. The van der Waals surface area contributed by atoms with Crippen molar-refractivity contribution < 1.29 is 19.5 Å². The maximum atomic E-state index is 12.9. The highest BCUT2D eigenvalue weighted by Gasteiger charge is 2.38. The molecule has 2 N–H and O–H groups in total. The molecule has 0 saturated carbocycles. The Bertz CT molecular complexity index is 775. The number of carbonyl (C=O) groups excluding carboxylic acids is 2. The molecule has 0 radical (unpaired) electrons. The molecule has 0 aromatic heterocycles. The number of rotatable bonds is 3. The van der Waals surface area contributed by atoms with E-state index in [1.54, 1.807) is 0 Å². The van der Waals surface area contributed by atoms with Gasteiger partial charge in [0.1, 0.15) is 0 Å². The lowest BCUT2D eigenvalue weighted by atomic mass is 9.96. The van der Waals surface area contributed by atoms with Crippen molar-refractivity contribution in [2.24, 2.45) is 5.92 Å². The quantitative estimate of drug-likeness (QED) is 0.836. The molecule has 150 valence electrons. The fourth-order valence-corrected chi connectivity index (χ4v) is 4.77. The number of amides is 3. The largest absolute Gasteiger partial charge is 0.481 e. The molecule has 1 aromatic carbocycles. The number of carbonyl (C=O) groups is 3. The van der Waals surface area contributed by atoms with Crippen molar-refractivity contribution in [3.05, 3.63) is 35.4 Å². The molecule has 28 heavy (non-hydrogen) atoms. The highest BCUT2D eigenvalue weighted by atomic mass is 16.4. The summed E-state index contributed by atoms with van der Waals surface area (Å²) in [6.45, 7) is 2.76. The summed E-state index contributed by atoms with van der Waals surface area (Å²) in [5, 5.41) is 12.6. The SMILES string of the molecule is O=C(NC1CC(C(=O)O)c2ccccc21)C1CCCN(C(=O)N2CCCC2)C1. The standard InChI is InChI=1S/C21H27N3O4/c25-19(14-6-5-11-24(13-14)21(28)23-9-3-4-10-23)22-18-12-17(20(26)27)15-7-1-2-8-16(15)18/h1-2,7-8,14,17-18H,3-6,9-13H2,(H,22,25)(H,26,27). The average molecular weight is 385 g/mol. The molecule has 4 rings (SSSR count). The molecule has 2 aliphatic heterocycles. The van der Waals surface area contributed by atoms with E-state index in [2.05, 4.69) is 5.32 Å². The van der Waals surface area contributed by atoms with Crippen LogP contribution < -0.4 is 5.32 Å². The van der Waals surface area contributed by atoms with Crippen LogP contribution in [0.2, 0.25) is 0 Å². The number of piperidine rings is 1. The van der Waals surface area contributed by atoms with Crippen LogP contribution in [0, 0.1) is 5.92 Å². The Balaban J connectivity index is 1.41. The van der Waals surface area contributed by atoms with Crippen molar-refractivity contribution in [1.29, 1.82) is 0 Å². The van der Waals surface area contributed by atoms with Gasteiger partial charge in [-0.15, -0.1) is 0 Å². The first-order chi connectivity index (χ1) is 13.5. The third-order valence-corrected chi connectivity index (χ3v) is 6.27. The van der Waals surface area contributed by atoms with Crippen LogP contribution >= 0.6 is 0 Å². The molecule has 7 heteroatoms. The Morgan fingerprint density at radius 1 is 0.964 bits per heavy atom. The minimum absolute atomic E-state index is 0.0483. The summed E-state index contributed by atoms with van der Waals surface area (Å²) in [4.78, 5) is 40.8. The number of urea groups is 1. The zero-order valence-electron chi connectivity index (χ0n) is 16.0. The van der Waals surface area contributed by atoms with Crippen LogP contribution in [0.5, 0.6) is 0 Å². The van der Waals surface area contributed by atoms with E-state index < -0.39 is 11.9 Å². The summed E-state index contributed by atoms with van der Waals surface area (Å²) in [5.41, 5.74) is 1.68. The van der Waals surface area contributed by atoms with Crippen molar-refractivity contribution in [2.45, 2.75) is 44.1 Å². The lowest BCUT2D eigenvalue weighted by Gasteiger charge is -2.35. The molecule has 1 aliphatic carbocycles. The van der Waals surface area contributed by atoms with Gasteiger partial charge in [0.25, 0.3) is 0 Å². The number of likely N-dealkylation sites (tertiary alicyclic amines) is 2. The van der Waals surface area contributed by atoms with Crippen molar-refractivity contribution >= 4 is 17.9 Å². The van der Waals surface area contributed by atoms with Crippen LogP contribution in [0.4, 0.5) is 4.79 Å². The van der Waals surface area contributed by atoms with Gasteiger partial charge in [-0.05, 0) is 43.2 Å². The molecule has 3 aliphatic rings. The van der Waals surface area contributed by atoms with Crippen LogP contribution in [-0.2, 0) is 9.59 Å². The molecule has 2 saturated heterocycles. The van der Waals surface area contributed by atoms with Gasteiger partial charge in [0.15, 0.2) is 0 Å². The van der Waals surface area contributed by atoms with E-state index in [-0.39, 0.29) is 23.9 Å². The van der Waals surface area contributed by atoms with Crippen molar-refractivity contribution in [2.75, 3.05) is 26.2 Å². The van der Waals surface area contributed by atoms with Gasteiger partial charge in [-0.3, -0.25) is 9.59 Å². The van der Waals surface area contributed by atoms with E-state index in [4.69, 9.17) is 0 Å². The van der Waals surface area contributed by atoms with E-state index >= 15 is 0 Å². The summed E-state index contributed by atoms with van der Waals surface area (Å²) in [5.74, 6) is -1.76. The summed E-state index contributed by atoms with van der Waals surface area (Å²) in [6.07, 6.45) is 4.05. The smallest absolute Gasteiger partial charge is 0.320 e. The average Bonchev–Trinajstić information content (AvgIpc) is 3.36. The Hall–Kier alpha value is -2.57. The molecule has 0 bridgehead atoms. The summed E-state index contributed by atoms with van der Waals surface area (Å²) < 4.78 is 0. The summed E-state index contributed by atoms with van der Waals surface area (Å²) in [7, 11) is 0. The van der Waals surface area contributed by atoms with Gasteiger partial charge < -0.3 is 20.2 Å². The first-order valence-corrected chi connectivity index (χ1v) is 10.2. The third kappa shape index (κ3) is 3.57. The monoisotopic (exact) mass is 385 g/mol. The maximum Gasteiger partial charge on any atom is 0.320 e. The van der Waals surface area contributed by atoms with Gasteiger partial charge in [0.2, 0.25) is 5.91 Å². The number of nitrogens with one attached hydrogen (secondary N) is 1. The van der Waals surface area contributed by atoms with Crippen LogP contribution in [0.15, 0.2) is 24.3 Å². The van der Waals surface area contributed by atoms with Gasteiger partial charge in [-0.2, -0.15) is 0 Å². The van der Waals surface area contributed by atoms with Crippen molar-refractivity contribution in [1.82, 2.24) is 15.1 Å². The van der Waals surface area contributed by atoms with Crippen molar-refractivity contribution in [3.63, 3.8) is 0 Å². The number of benzene rings is 1. The predicted octanol–water partition coefficient (Wildman–Crippen LogP) is 2.34. The number of nitrogens with zero attached hydrogens (tertiary/aromatic N) is 2. The van der Waals surface area contributed by atoms with Crippen LogP contribution in [0.3, 0.4) is 0 Å². The number of carboxylic acids is 1. The van der Waals surface area contributed by atoms with Crippen molar-refractivity contribution in [3.8, 4) is 0 Å². The van der Waals surface area contributed by atoms with Gasteiger partial charge in [0.05, 0.1) is 17.9 Å². The topological polar surface area (TPSA) is 90.0 Å². The lowest BCUT2D eigenvalue weighted by Crippen LogP contribution is -2.49. The Kier molecular flexibility index (Phi) is 5.24. The Labute approximate surface area is 164 Å². The minimum Gasteiger partial charge on any atom is -0.481 e. The second-order valence-electron chi connectivity index (χ2n) is 8.08. The second-order valence-corrected chi connectivity index (χ2v) is 8.08. The van der Waals surface area contributed by atoms with Gasteiger partial charge >= 0.3 is 12.0 Å². The molecule has 3 amide bonds. The minimum atomic E-state index is -0.857. The molecule has 2 fully saturated rings. The van der Waals surface area contributed by atoms with E-state index in [9.17, 15) is 19.5 Å². The molecule has 0 spiro atoms. The third-order valence-electron chi connectivity index (χ3n) is 6.27. The number of carboxylic acid groups (broad SMARTS) is 1. The lowest BCUT2D eigenvalue weighted by molar-refractivity contribution is -0.139. The van der Waals surface area contributed by atoms with E-state index in [1.165, 1.54) is 0 Å². The van der Waals surface area contributed by atoms with Gasteiger partial charge in [-0.25, -0.2) is 4.79 Å². The molecule has 1 aromatic rings. The number of hydrogen-bond donors (Lipinski definition) is 2. The number of hydrogen-bond acceptors (Lipinski definition) is 3. The second kappa shape index (κ2) is 7.81. The van der Waals surface area contributed by atoms with Crippen LogP contribution in [0.1, 0.15) is 55.2 Å². The molecule has 3 atom stereocenters.